The Morgan fingerprint density at radius 3 is 3.05 bits per heavy atom. The van der Waals surface area contributed by atoms with Crippen LogP contribution >= 0.6 is 11.6 Å². The molecule has 1 aromatic heterocycles. The van der Waals surface area contributed by atoms with E-state index in [2.05, 4.69) is 15.5 Å². The first kappa shape index (κ1) is 14.5. The molecule has 2 rings (SSSR count). The molecule has 1 heterocycles. The summed E-state index contributed by atoms with van der Waals surface area (Å²) in [5.74, 6) is 0.465. The molecule has 7 heteroatoms. The Morgan fingerprint density at radius 1 is 1.45 bits per heavy atom. The quantitative estimate of drug-likeness (QED) is 0.822. The Balaban J connectivity index is 1.91. The number of ether oxygens (including phenoxy) is 1. The number of carbonyl (C=O) groups excluding carboxylic acids is 1. The van der Waals surface area contributed by atoms with Crippen LogP contribution in [0.15, 0.2) is 28.7 Å². The standard InChI is InChI=1S/C13H14ClN3O3/c1-2-19-12(18)8-15-7-11-16-17-13(20-11)9-4-3-5-10(14)6-9/h3-6,15H,2,7-8H2,1H3. The molecule has 0 unspecified atom stereocenters. The Bertz CT molecular complexity index is 586. The molecule has 0 bridgehead atoms. The van der Waals surface area contributed by atoms with Crippen molar-refractivity contribution in [2.45, 2.75) is 13.5 Å². The molecular formula is C13H14ClN3O3. The highest BCUT2D eigenvalue weighted by Gasteiger charge is 2.09. The molecule has 0 saturated heterocycles. The van der Waals surface area contributed by atoms with Crippen LogP contribution in [0.4, 0.5) is 0 Å². The van der Waals surface area contributed by atoms with Crippen LogP contribution in [-0.4, -0.2) is 29.3 Å². The molecule has 1 N–H and O–H groups in total. The number of halogens is 1. The fraction of sp³-hybridized carbons (Fsp3) is 0.308. The van der Waals surface area contributed by atoms with Crippen LogP contribution in [0.2, 0.25) is 5.02 Å². The van der Waals surface area contributed by atoms with Crippen molar-refractivity contribution in [2.75, 3.05) is 13.2 Å². The predicted molar refractivity (Wildman–Crippen MR) is 73.1 cm³/mol. The van der Waals surface area contributed by atoms with Crippen molar-refractivity contribution in [3.8, 4) is 11.5 Å². The second-order valence-electron chi connectivity index (χ2n) is 3.92. The molecule has 0 fully saturated rings. The summed E-state index contributed by atoms with van der Waals surface area (Å²) in [5.41, 5.74) is 0.752. The van der Waals surface area contributed by atoms with E-state index in [1.165, 1.54) is 0 Å². The van der Waals surface area contributed by atoms with Crippen LogP contribution in [0.3, 0.4) is 0 Å². The van der Waals surface area contributed by atoms with Gasteiger partial charge in [0, 0.05) is 10.6 Å². The lowest BCUT2D eigenvalue weighted by Crippen LogP contribution is -2.24. The van der Waals surface area contributed by atoms with E-state index in [0.717, 1.165) is 5.56 Å². The van der Waals surface area contributed by atoms with E-state index in [0.29, 0.717) is 30.0 Å². The van der Waals surface area contributed by atoms with Crippen LogP contribution in [0, 0.1) is 0 Å². The fourth-order valence-electron chi connectivity index (χ4n) is 1.55. The highest BCUT2D eigenvalue weighted by Crippen LogP contribution is 2.21. The first-order valence-electron chi connectivity index (χ1n) is 6.13. The minimum Gasteiger partial charge on any atom is -0.465 e. The molecule has 106 valence electrons. The van der Waals surface area contributed by atoms with Gasteiger partial charge in [-0.3, -0.25) is 10.1 Å². The molecular weight excluding hydrogens is 282 g/mol. The maximum Gasteiger partial charge on any atom is 0.319 e. The average molecular weight is 296 g/mol. The maximum atomic E-state index is 11.1. The number of nitrogens with zero attached hydrogens (tertiary/aromatic N) is 2. The Hall–Kier alpha value is -1.92. The number of benzene rings is 1. The number of aromatic nitrogens is 2. The number of hydrogen-bond donors (Lipinski definition) is 1. The third-order valence-corrected chi connectivity index (χ3v) is 2.62. The van der Waals surface area contributed by atoms with E-state index in [1.807, 2.05) is 6.07 Å². The summed E-state index contributed by atoms with van der Waals surface area (Å²) in [4.78, 5) is 11.1. The van der Waals surface area contributed by atoms with Crippen molar-refractivity contribution in [1.82, 2.24) is 15.5 Å². The maximum absolute atomic E-state index is 11.1. The summed E-state index contributed by atoms with van der Waals surface area (Å²) in [5, 5.41) is 11.3. The van der Waals surface area contributed by atoms with Gasteiger partial charge in [0.2, 0.25) is 11.8 Å². The zero-order valence-electron chi connectivity index (χ0n) is 10.9. The van der Waals surface area contributed by atoms with E-state index in [9.17, 15) is 4.79 Å². The molecule has 0 radical (unpaired) electrons. The van der Waals surface area contributed by atoms with E-state index < -0.39 is 0 Å². The van der Waals surface area contributed by atoms with Gasteiger partial charge in [0.15, 0.2) is 0 Å². The van der Waals surface area contributed by atoms with Crippen molar-refractivity contribution >= 4 is 17.6 Å². The second kappa shape index (κ2) is 7.02. The summed E-state index contributed by atoms with van der Waals surface area (Å²) in [6.45, 7) is 2.52. The Labute approximate surface area is 121 Å². The van der Waals surface area contributed by atoms with Gasteiger partial charge in [0.25, 0.3) is 0 Å². The van der Waals surface area contributed by atoms with Crippen molar-refractivity contribution < 1.29 is 13.9 Å². The Morgan fingerprint density at radius 2 is 2.30 bits per heavy atom. The molecule has 0 atom stereocenters. The van der Waals surface area contributed by atoms with Gasteiger partial charge in [-0.2, -0.15) is 0 Å². The zero-order valence-corrected chi connectivity index (χ0v) is 11.7. The van der Waals surface area contributed by atoms with E-state index in [4.69, 9.17) is 20.8 Å². The largest absolute Gasteiger partial charge is 0.465 e. The van der Waals surface area contributed by atoms with Gasteiger partial charge in [-0.05, 0) is 25.1 Å². The predicted octanol–water partition coefficient (Wildman–Crippen LogP) is 2.04. The first-order chi connectivity index (χ1) is 9.69. The fourth-order valence-corrected chi connectivity index (χ4v) is 1.74. The molecule has 20 heavy (non-hydrogen) atoms. The van der Waals surface area contributed by atoms with Crippen LogP contribution in [0.5, 0.6) is 0 Å². The molecule has 2 aromatic rings. The monoisotopic (exact) mass is 295 g/mol. The van der Waals surface area contributed by atoms with Crippen molar-refractivity contribution in [2.24, 2.45) is 0 Å². The third-order valence-electron chi connectivity index (χ3n) is 2.39. The van der Waals surface area contributed by atoms with E-state index in [-0.39, 0.29) is 12.5 Å². The minimum absolute atomic E-state index is 0.0999. The normalized spacial score (nSPS) is 10.5. The van der Waals surface area contributed by atoms with Crippen LogP contribution < -0.4 is 5.32 Å². The topological polar surface area (TPSA) is 77.2 Å². The Kier molecular flexibility index (Phi) is 5.09. The molecule has 6 nitrogen and oxygen atoms in total. The lowest BCUT2D eigenvalue weighted by Gasteiger charge is -2.01. The molecule has 0 saturated carbocycles. The van der Waals surface area contributed by atoms with Gasteiger partial charge < -0.3 is 9.15 Å². The highest BCUT2D eigenvalue weighted by molar-refractivity contribution is 6.30. The molecule has 0 aliphatic carbocycles. The lowest BCUT2D eigenvalue weighted by atomic mass is 10.2. The minimum atomic E-state index is -0.318. The average Bonchev–Trinajstić information content (AvgIpc) is 2.88. The first-order valence-corrected chi connectivity index (χ1v) is 6.51. The summed E-state index contributed by atoms with van der Waals surface area (Å²) >= 11 is 5.90. The van der Waals surface area contributed by atoms with Crippen molar-refractivity contribution in [3.05, 3.63) is 35.2 Å². The number of esters is 1. The molecule has 1 aromatic carbocycles. The van der Waals surface area contributed by atoms with Crippen molar-refractivity contribution in [1.29, 1.82) is 0 Å². The van der Waals surface area contributed by atoms with E-state index >= 15 is 0 Å². The number of rotatable bonds is 6. The highest BCUT2D eigenvalue weighted by atomic mass is 35.5. The number of carbonyl (C=O) groups is 1. The smallest absolute Gasteiger partial charge is 0.319 e. The lowest BCUT2D eigenvalue weighted by molar-refractivity contribution is -0.142. The van der Waals surface area contributed by atoms with Gasteiger partial charge in [-0.1, -0.05) is 17.7 Å². The van der Waals surface area contributed by atoms with Gasteiger partial charge >= 0.3 is 5.97 Å². The van der Waals surface area contributed by atoms with Crippen molar-refractivity contribution in [3.63, 3.8) is 0 Å². The van der Waals surface area contributed by atoms with E-state index in [1.54, 1.807) is 25.1 Å². The summed E-state index contributed by atoms with van der Waals surface area (Å²) in [6, 6.07) is 7.14. The van der Waals surface area contributed by atoms with Crippen LogP contribution in [-0.2, 0) is 16.1 Å². The second-order valence-corrected chi connectivity index (χ2v) is 4.36. The summed E-state index contributed by atoms with van der Waals surface area (Å²) < 4.78 is 10.3. The van der Waals surface area contributed by atoms with Gasteiger partial charge in [-0.15, -0.1) is 10.2 Å². The van der Waals surface area contributed by atoms with Crippen LogP contribution in [0.25, 0.3) is 11.5 Å². The van der Waals surface area contributed by atoms with Gasteiger partial charge in [0.1, 0.15) is 0 Å². The van der Waals surface area contributed by atoms with Crippen LogP contribution in [0.1, 0.15) is 12.8 Å². The molecule has 0 spiro atoms. The number of hydrogen-bond acceptors (Lipinski definition) is 6. The summed E-state index contributed by atoms with van der Waals surface area (Å²) in [6.07, 6.45) is 0. The SMILES string of the molecule is CCOC(=O)CNCc1nnc(-c2cccc(Cl)c2)o1. The zero-order chi connectivity index (χ0) is 14.4. The summed E-state index contributed by atoms with van der Waals surface area (Å²) in [7, 11) is 0. The molecule has 0 aliphatic heterocycles. The van der Waals surface area contributed by atoms with Gasteiger partial charge in [-0.25, -0.2) is 0 Å². The number of nitrogens with one attached hydrogen (secondary N) is 1. The molecule has 0 aliphatic rings. The molecule has 0 amide bonds. The third kappa shape index (κ3) is 4.04. The van der Waals surface area contributed by atoms with Gasteiger partial charge in [0.05, 0.1) is 19.7 Å².